The second-order valence-electron chi connectivity index (χ2n) is 7.79. The van der Waals surface area contributed by atoms with Crippen molar-refractivity contribution in [2.45, 2.75) is 66.0 Å². The molecule has 21 heavy (non-hydrogen) atoms. The number of aryl methyl sites for hydroxylation is 1. The van der Waals surface area contributed by atoms with E-state index in [4.69, 9.17) is 10.8 Å². The highest BCUT2D eigenvalue weighted by molar-refractivity contribution is 5.28. The maximum absolute atomic E-state index is 6.16. The zero-order valence-corrected chi connectivity index (χ0v) is 15.1. The van der Waals surface area contributed by atoms with Gasteiger partial charge in [0.05, 0.1) is 11.7 Å². The zero-order valence-electron chi connectivity index (χ0n) is 15.1. The lowest BCUT2D eigenvalue weighted by Crippen LogP contribution is -2.41. The molecule has 1 heterocycles. The van der Waals surface area contributed by atoms with Crippen LogP contribution in [0.3, 0.4) is 0 Å². The molecule has 0 fully saturated rings. The largest absolute Gasteiger partial charge is 0.329 e. The molecule has 0 aliphatic rings. The summed E-state index contributed by atoms with van der Waals surface area (Å²) in [5, 5.41) is 4.71. The van der Waals surface area contributed by atoms with Gasteiger partial charge >= 0.3 is 0 Å². The van der Waals surface area contributed by atoms with Gasteiger partial charge in [-0.3, -0.25) is 9.58 Å². The van der Waals surface area contributed by atoms with Crippen molar-refractivity contribution in [1.29, 1.82) is 0 Å². The highest BCUT2D eigenvalue weighted by atomic mass is 15.3. The molecule has 0 spiro atoms. The Morgan fingerprint density at radius 1 is 1.24 bits per heavy atom. The van der Waals surface area contributed by atoms with Crippen molar-refractivity contribution in [3.05, 3.63) is 17.5 Å². The van der Waals surface area contributed by atoms with Crippen LogP contribution in [0, 0.1) is 5.92 Å². The van der Waals surface area contributed by atoms with E-state index in [1.54, 1.807) is 0 Å². The fraction of sp³-hybridized carbons (Fsp3) is 0.824. The molecule has 1 aromatic heterocycles. The van der Waals surface area contributed by atoms with E-state index in [1.807, 2.05) is 11.7 Å². The van der Waals surface area contributed by atoms with Gasteiger partial charge in [0.2, 0.25) is 0 Å². The smallest absolute Gasteiger partial charge is 0.0726 e. The van der Waals surface area contributed by atoms with E-state index in [9.17, 15) is 0 Å². The van der Waals surface area contributed by atoms with E-state index in [1.165, 1.54) is 5.56 Å². The zero-order chi connectivity index (χ0) is 16.4. The van der Waals surface area contributed by atoms with Crippen molar-refractivity contribution >= 4 is 0 Å². The monoisotopic (exact) mass is 294 g/mol. The third-order valence-electron chi connectivity index (χ3n) is 3.79. The Morgan fingerprint density at radius 2 is 1.81 bits per heavy atom. The molecule has 0 radical (unpaired) electrons. The van der Waals surface area contributed by atoms with E-state index in [2.05, 4.69) is 59.6 Å². The molecule has 1 atom stereocenters. The first kappa shape index (κ1) is 18.2. The summed E-state index contributed by atoms with van der Waals surface area (Å²) in [7, 11) is 1.99. The van der Waals surface area contributed by atoms with Gasteiger partial charge in [-0.05, 0) is 19.8 Å². The highest BCUT2D eigenvalue weighted by Crippen LogP contribution is 2.32. The Labute approximate surface area is 130 Å². The molecule has 0 saturated carbocycles. The van der Waals surface area contributed by atoms with Gasteiger partial charge in [-0.25, -0.2) is 0 Å². The molecule has 0 aliphatic carbocycles. The molecule has 4 heteroatoms. The Hall–Kier alpha value is -0.870. The molecule has 1 unspecified atom stereocenters. The molecule has 1 aromatic rings. The summed E-state index contributed by atoms with van der Waals surface area (Å²) in [6.45, 7) is 17.3. The molecular weight excluding hydrogens is 260 g/mol. The normalized spacial score (nSPS) is 14.5. The summed E-state index contributed by atoms with van der Waals surface area (Å²) in [4.78, 5) is 2.51. The first-order valence-electron chi connectivity index (χ1n) is 8.07. The Bertz CT molecular complexity index is 440. The van der Waals surface area contributed by atoms with Crippen LogP contribution in [0.2, 0.25) is 0 Å². The van der Waals surface area contributed by atoms with Crippen molar-refractivity contribution in [1.82, 2.24) is 14.7 Å². The average Bonchev–Trinajstić information content (AvgIpc) is 2.70. The van der Waals surface area contributed by atoms with E-state index >= 15 is 0 Å². The maximum Gasteiger partial charge on any atom is 0.0726 e. The second-order valence-corrected chi connectivity index (χ2v) is 7.79. The summed E-state index contributed by atoms with van der Waals surface area (Å²) in [6, 6.07) is 0.698. The minimum absolute atomic E-state index is 0.0322. The minimum atomic E-state index is 0.0322. The van der Waals surface area contributed by atoms with Gasteiger partial charge in [-0.15, -0.1) is 0 Å². The predicted molar refractivity (Wildman–Crippen MR) is 90.4 cm³/mol. The van der Waals surface area contributed by atoms with Crippen LogP contribution in [-0.4, -0.2) is 33.8 Å². The molecule has 4 nitrogen and oxygen atoms in total. The fourth-order valence-electron chi connectivity index (χ4n) is 2.89. The lowest BCUT2D eigenvalue weighted by Gasteiger charge is -2.36. The van der Waals surface area contributed by atoms with Gasteiger partial charge in [-0.1, -0.05) is 34.6 Å². The SMILES string of the molecule is CC(C)CN(C(C)C)C(CN)c1cn(C)nc1C(C)(C)C. The van der Waals surface area contributed by atoms with E-state index in [0.717, 1.165) is 12.2 Å². The van der Waals surface area contributed by atoms with Gasteiger partial charge in [0.1, 0.15) is 0 Å². The van der Waals surface area contributed by atoms with Gasteiger partial charge in [0, 0.05) is 43.4 Å². The standard InChI is InChI=1S/C17H34N4/c1-12(2)10-21(13(3)4)15(9-18)14-11-20(8)19-16(14)17(5,6)7/h11-13,15H,9-10,18H2,1-8H3. The number of hydrogen-bond donors (Lipinski definition) is 1. The first-order chi connectivity index (χ1) is 9.57. The van der Waals surface area contributed by atoms with Crippen molar-refractivity contribution < 1.29 is 0 Å². The minimum Gasteiger partial charge on any atom is -0.329 e. The highest BCUT2D eigenvalue weighted by Gasteiger charge is 2.30. The van der Waals surface area contributed by atoms with Crippen LogP contribution in [0.25, 0.3) is 0 Å². The molecule has 0 aliphatic heterocycles. The van der Waals surface area contributed by atoms with Crippen LogP contribution in [0.5, 0.6) is 0 Å². The van der Waals surface area contributed by atoms with Crippen molar-refractivity contribution in [2.75, 3.05) is 13.1 Å². The number of rotatable bonds is 6. The molecule has 122 valence electrons. The summed E-state index contributed by atoms with van der Waals surface area (Å²) in [6.07, 6.45) is 2.15. The van der Waals surface area contributed by atoms with Crippen LogP contribution in [0.15, 0.2) is 6.20 Å². The summed E-state index contributed by atoms with van der Waals surface area (Å²) >= 11 is 0. The van der Waals surface area contributed by atoms with Crippen LogP contribution >= 0.6 is 0 Å². The first-order valence-corrected chi connectivity index (χ1v) is 8.07. The van der Waals surface area contributed by atoms with Gasteiger partial charge in [0.25, 0.3) is 0 Å². The van der Waals surface area contributed by atoms with E-state index in [0.29, 0.717) is 18.5 Å². The molecule has 0 bridgehead atoms. The summed E-state index contributed by atoms with van der Waals surface area (Å²) in [5.74, 6) is 0.621. The van der Waals surface area contributed by atoms with E-state index < -0.39 is 0 Å². The summed E-state index contributed by atoms with van der Waals surface area (Å²) in [5.41, 5.74) is 8.64. The topological polar surface area (TPSA) is 47.1 Å². The molecule has 2 N–H and O–H groups in total. The van der Waals surface area contributed by atoms with Crippen molar-refractivity contribution in [2.24, 2.45) is 18.7 Å². The Morgan fingerprint density at radius 3 is 2.19 bits per heavy atom. The lowest BCUT2D eigenvalue weighted by atomic mass is 9.87. The number of nitrogens with two attached hydrogens (primary N) is 1. The van der Waals surface area contributed by atoms with Crippen molar-refractivity contribution in [3.8, 4) is 0 Å². The quantitative estimate of drug-likeness (QED) is 0.877. The number of nitrogens with zero attached hydrogens (tertiary/aromatic N) is 3. The van der Waals surface area contributed by atoms with Gasteiger partial charge in [-0.2, -0.15) is 5.10 Å². The number of hydrogen-bond acceptors (Lipinski definition) is 3. The number of aromatic nitrogens is 2. The molecule has 1 rings (SSSR count). The lowest BCUT2D eigenvalue weighted by molar-refractivity contribution is 0.137. The van der Waals surface area contributed by atoms with Gasteiger partial charge < -0.3 is 5.73 Å². The Kier molecular flexibility index (Phi) is 6.00. The summed E-state index contributed by atoms with van der Waals surface area (Å²) < 4.78 is 1.92. The third kappa shape index (κ3) is 4.55. The third-order valence-corrected chi connectivity index (χ3v) is 3.79. The van der Waals surface area contributed by atoms with Crippen LogP contribution in [0.4, 0.5) is 0 Å². The molecule has 0 saturated heterocycles. The predicted octanol–water partition coefficient (Wildman–Crippen LogP) is 3.08. The molecule has 0 amide bonds. The van der Waals surface area contributed by atoms with Crippen LogP contribution < -0.4 is 5.73 Å². The fourth-order valence-corrected chi connectivity index (χ4v) is 2.89. The second kappa shape index (κ2) is 6.93. The molecular formula is C17H34N4. The van der Waals surface area contributed by atoms with E-state index in [-0.39, 0.29) is 11.5 Å². The van der Waals surface area contributed by atoms with Crippen LogP contribution in [-0.2, 0) is 12.5 Å². The van der Waals surface area contributed by atoms with Crippen LogP contribution in [0.1, 0.15) is 65.8 Å². The average molecular weight is 294 g/mol. The van der Waals surface area contributed by atoms with Crippen molar-refractivity contribution in [3.63, 3.8) is 0 Å². The molecule has 0 aromatic carbocycles. The Balaban J connectivity index is 3.25. The maximum atomic E-state index is 6.16. The van der Waals surface area contributed by atoms with Gasteiger partial charge in [0.15, 0.2) is 0 Å².